The van der Waals surface area contributed by atoms with E-state index in [0.29, 0.717) is 17.4 Å². The second-order valence-electron chi connectivity index (χ2n) is 8.81. The summed E-state index contributed by atoms with van der Waals surface area (Å²) in [6, 6.07) is 6.60. The maximum absolute atomic E-state index is 12.9. The Morgan fingerprint density at radius 3 is 2.37 bits per heavy atom. The van der Waals surface area contributed by atoms with Crippen LogP contribution in [-0.2, 0) is 10.0 Å². The molecule has 7 nitrogen and oxygen atoms in total. The summed E-state index contributed by atoms with van der Waals surface area (Å²) in [6.07, 6.45) is 8.24. The fourth-order valence-electron chi connectivity index (χ4n) is 5.17. The van der Waals surface area contributed by atoms with E-state index in [9.17, 15) is 13.2 Å². The van der Waals surface area contributed by atoms with Gasteiger partial charge in [0.2, 0.25) is 0 Å². The molecule has 1 aromatic rings. The first-order valence-corrected chi connectivity index (χ1v) is 12.5. The van der Waals surface area contributed by atoms with Crippen LogP contribution in [0.2, 0.25) is 0 Å². The van der Waals surface area contributed by atoms with Gasteiger partial charge in [-0.15, -0.1) is 0 Å². The quantitative estimate of drug-likeness (QED) is 0.573. The third-order valence-electron chi connectivity index (χ3n) is 6.77. The summed E-state index contributed by atoms with van der Waals surface area (Å²) < 4.78 is 28.1. The molecule has 8 heteroatoms. The summed E-state index contributed by atoms with van der Waals surface area (Å²) in [5.74, 6) is 1.22. The van der Waals surface area contributed by atoms with Gasteiger partial charge in [0.05, 0.1) is 4.90 Å². The number of rotatable bonds is 5. The normalized spacial score (nSPS) is 29.7. The van der Waals surface area contributed by atoms with Gasteiger partial charge in [0, 0.05) is 12.1 Å². The number of hydrogen-bond donors (Lipinski definition) is 4. The highest BCUT2D eigenvalue weighted by Gasteiger charge is 2.40. The van der Waals surface area contributed by atoms with Crippen molar-refractivity contribution in [2.24, 2.45) is 11.8 Å². The van der Waals surface area contributed by atoms with Crippen LogP contribution in [0.3, 0.4) is 0 Å². The van der Waals surface area contributed by atoms with Crippen LogP contribution in [0.1, 0.15) is 57.9 Å². The highest BCUT2D eigenvalue weighted by atomic mass is 32.2. The largest absolute Gasteiger partial charge is 0.330 e. The van der Waals surface area contributed by atoms with Crippen molar-refractivity contribution in [2.75, 3.05) is 0 Å². The Morgan fingerprint density at radius 2 is 1.77 bits per heavy atom. The predicted octanol–water partition coefficient (Wildman–Crippen LogP) is 2.91. The summed E-state index contributed by atoms with van der Waals surface area (Å²) >= 11 is 0. The molecule has 4 N–H and O–H groups in total. The Kier molecular flexibility index (Phi) is 6.18. The molecule has 1 saturated heterocycles. The fraction of sp³-hybridized carbons (Fsp3) is 0.591. The first kappa shape index (κ1) is 21.3. The molecule has 1 heterocycles. The lowest BCUT2D eigenvalue weighted by Crippen LogP contribution is -2.69. The Balaban J connectivity index is 1.41. The number of benzene rings is 1. The molecule has 0 bridgehead atoms. The first-order chi connectivity index (χ1) is 14.3. The lowest BCUT2D eigenvalue weighted by molar-refractivity contribution is 0.0753. The van der Waals surface area contributed by atoms with Gasteiger partial charge in [-0.3, -0.25) is 10.6 Å². The van der Waals surface area contributed by atoms with Crippen molar-refractivity contribution >= 4 is 21.6 Å². The molecule has 1 saturated carbocycles. The van der Waals surface area contributed by atoms with Gasteiger partial charge in [-0.1, -0.05) is 43.5 Å². The molecule has 4 rings (SSSR count). The number of urea groups is 1. The minimum absolute atomic E-state index is 0.143. The molecule has 164 valence electrons. The number of amides is 2. The van der Waals surface area contributed by atoms with Gasteiger partial charge in [-0.25, -0.2) is 17.9 Å². The molecular formula is C22H32N4O3S. The van der Waals surface area contributed by atoms with E-state index in [0.717, 1.165) is 24.8 Å². The molecule has 1 aromatic carbocycles. The summed E-state index contributed by atoms with van der Waals surface area (Å²) in [4.78, 5) is 12.7. The van der Waals surface area contributed by atoms with Crippen molar-refractivity contribution in [3.63, 3.8) is 0 Å². The molecule has 3 aliphatic rings. The highest BCUT2D eigenvalue weighted by molar-refractivity contribution is 7.90. The lowest BCUT2D eigenvalue weighted by atomic mass is 9.69. The Labute approximate surface area is 179 Å². The van der Waals surface area contributed by atoms with Crippen molar-refractivity contribution in [2.45, 2.75) is 75.6 Å². The van der Waals surface area contributed by atoms with Gasteiger partial charge in [-0.05, 0) is 62.1 Å². The van der Waals surface area contributed by atoms with Crippen LogP contribution in [0, 0.1) is 11.8 Å². The van der Waals surface area contributed by atoms with Crippen LogP contribution >= 0.6 is 0 Å². The van der Waals surface area contributed by atoms with Gasteiger partial charge in [0.1, 0.15) is 6.29 Å². The Morgan fingerprint density at radius 1 is 1.07 bits per heavy atom. The number of hydrogen-bond acceptors (Lipinski definition) is 5. The van der Waals surface area contributed by atoms with Gasteiger partial charge in [0.15, 0.2) is 0 Å². The lowest BCUT2D eigenvalue weighted by Gasteiger charge is -2.47. The fourth-order valence-corrected chi connectivity index (χ4v) is 6.33. The minimum Gasteiger partial charge on any atom is -0.309 e. The van der Waals surface area contributed by atoms with E-state index < -0.39 is 22.3 Å². The summed E-state index contributed by atoms with van der Waals surface area (Å²) in [5, 5.41) is 9.47. The first-order valence-electron chi connectivity index (χ1n) is 11.0. The van der Waals surface area contributed by atoms with E-state index in [2.05, 4.69) is 40.6 Å². The summed E-state index contributed by atoms with van der Waals surface area (Å²) in [7, 11) is -3.98. The summed E-state index contributed by atoms with van der Waals surface area (Å²) in [5.41, 5.74) is 1.70. The molecule has 1 aliphatic heterocycles. The third kappa shape index (κ3) is 4.40. The van der Waals surface area contributed by atoms with Gasteiger partial charge >= 0.3 is 6.03 Å². The highest BCUT2D eigenvalue weighted by Crippen LogP contribution is 2.38. The SMILES string of the molecule is CC1NC(NC(=O)NS(=O)(=O)c2ccccc2C2=CCCC2)NC(C)C1C1CCC1. The van der Waals surface area contributed by atoms with Gasteiger partial charge < -0.3 is 5.32 Å². The molecular weight excluding hydrogens is 400 g/mol. The van der Waals surface area contributed by atoms with Gasteiger partial charge in [-0.2, -0.15) is 0 Å². The van der Waals surface area contributed by atoms with Crippen LogP contribution in [-0.4, -0.2) is 32.8 Å². The van der Waals surface area contributed by atoms with Crippen LogP contribution in [0.15, 0.2) is 35.2 Å². The zero-order valence-electron chi connectivity index (χ0n) is 17.6. The average Bonchev–Trinajstić information content (AvgIpc) is 3.17. The van der Waals surface area contributed by atoms with Crippen molar-refractivity contribution in [3.05, 3.63) is 35.9 Å². The second-order valence-corrected chi connectivity index (χ2v) is 10.5. The van der Waals surface area contributed by atoms with Crippen LogP contribution < -0.4 is 20.7 Å². The van der Waals surface area contributed by atoms with E-state index in [4.69, 9.17) is 0 Å². The molecule has 2 unspecified atom stereocenters. The summed E-state index contributed by atoms with van der Waals surface area (Å²) in [6.45, 7) is 4.27. The number of carbonyl (C=O) groups excluding carboxylic acids is 1. The van der Waals surface area contributed by atoms with Crippen molar-refractivity contribution in [1.29, 1.82) is 0 Å². The van der Waals surface area contributed by atoms with E-state index in [1.54, 1.807) is 18.2 Å². The molecule has 2 atom stereocenters. The molecule has 0 aromatic heterocycles. The second kappa shape index (κ2) is 8.69. The van der Waals surface area contributed by atoms with Crippen LogP contribution in [0.4, 0.5) is 4.79 Å². The molecule has 2 fully saturated rings. The molecule has 2 aliphatic carbocycles. The van der Waals surface area contributed by atoms with Crippen LogP contribution in [0.25, 0.3) is 5.57 Å². The Hall–Kier alpha value is -1.90. The molecule has 0 spiro atoms. The van der Waals surface area contributed by atoms with Crippen molar-refractivity contribution in [1.82, 2.24) is 20.7 Å². The monoisotopic (exact) mass is 432 g/mol. The molecule has 2 amide bonds. The zero-order valence-corrected chi connectivity index (χ0v) is 18.5. The number of carbonyl (C=O) groups is 1. The smallest absolute Gasteiger partial charge is 0.309 e. The van der Waals surface area contributed by atoms with Crippen molar-refractivity contribution < 1.29 is 13.2 Å². The Bertz CT molecular complexity index is 914. The topological polar surface area (TPSA) is 99.3 Å². The number of sulfonamides is 1. The predicted molar refractivity (Wildman–Crippen MR) is 117 cm³/mol. The van der Waals surface area contributed by atoms with E-state index in [-0.39, 0.29) is 17.0 Å². The standard InChI is InChI=1S/C22H32N4O3S/c1-14-20(17-10-7-11-17)15(2)24-21(23-14)25-22(27)26-30(28,29)19-13-6-5-12-18(19)16-8-3-4-9-16/h5-6,8,12-15,17,20-21,23-24H,3-4,7,9-11H2,1-2H3,(H2,25,26,27). The molecule has 30 heavy (non-hydrogen) atoms. The zero-order chi connectivity index (χ0) is 21.3. The van der Waals surface area contributed by atoms with Gasteiger partial charge in [0.25, 0.3) is 10.0 Å². The number of nitrogens with one attached hydrogen (secondary N) is 4. The van der Waals surface area contributed by atoms with Crippen molar-refractivity contribution in [3.8, 4) is 0 Å². The molecule has 0 radical (unpaired) electrons. The third-order valence-corrected chi connectivity index (χ3v) is 8.16. The maximum atomic E-state index is 12.9. The van der Waals surface area contributed by atoms with Crippen LogP contribution in [0.5, 0.6) is 0 Å². The van der Waals surface area contributed by atoms with E-state index in [1.165, 1.54) is 19.3 Å². The average molecular weight is 433 g/mol. The van der Waals surface area contributed by atoms with E-state index in [1.807, 2.05) is 6.07 Å². The maximum Gasteiger partial charge on any atom is 0.330 e. The van der Waals surface area contributed by atoms with E-state index >= 15 is 0 Å². The minimum atomic E-state index is -3.98. The number of allylic oxidation sites excluding steroid dienone is 2.